The molecule has 62 valence electrons. The molecular weight excluding hydrogens is 156 g/mol. The molecule has 0 aromatic rings. The van der Waals surface area contributed by atoms with Crippen molar-refractivity contribution in [2.24, 2.45) is 0 Å². The van der Waals surface area contributed by atoms with Crippen molar-refractivity contribution in [3.8, 4) is 18.3 Å². The molecule has 0 bridgehead atoms. The lowest BCUT2D eigenvalue weighted by Crippen LogP contribution is -2.31. The minimum atomic E-state index is -1.09. The van der Waals surface area contributed by atoms with Crippen LogP contribution in [0.2, 0.25) is 0 Å². The van der Waals surface area contributed by atoms with Gasteiger partial charge in [0.2, 0.25) is 0 Å². The summed E-state index contributed by atoms with van der Waals surface area (Å²) >= 11 is 0. The Morgan fingerprint density at radius 2 is 1.92 bits per heavy atom. The van der Waals surface area contributed by atoms with Crippen LogP contribution in [0.5, 0.6) is 0 Å². The van der Waals surface area contributed by atoms with Crippen LogP contribution in [0, 0.1) is 34.1 Å². The van der Waals surface area contributed by atoms with Crippen molar-refractivity contribution < 1.29 is 5.11 Å². The molecule has 0 amide bonds. The van der Waals surface area contributed by atoms with E-state index in [1.54, 1.807) is 12.3 Å². The molecule has 1 unspecified atom stereocenters. The van der Waals surface area contributed by atoms with Gasteiger partial charge in [-0.05, 0) is 0 Å². The summed E-state index contributed by atoms with van der Waals surface area (Å²) in [4.78, 5) is 1.01. The molecule has 1 atom stereocenters. The third-order valence-electron chi connectivity index (χ3n) is 1.23. The summed E-state index contributed by atoms with van der Waals surface area (Å²) in [5, 5.41) is 33.9. The van der Waals surface area contributed by atoms with Crippen LogP contribution in [0.4, 0.5) is 0 Å². The zero-order valence-electron chi connectivity index (χ0n) is 6.43. The van der Waals surface area contributed by atoms with E-state index in [1.807, 2.05) is 6.07 Å². The van der Waals surface area contributed by atoms with Crippen LogP contribution in [-0.4, -0.2) is 22.8 Å². The van der Waals surface area contributed by atoms with Crippen LogP contribution in [0.1, 0.15) is 12.8 Å². The summed E-state index contributed by atoms with van der Waals surface area (Å²) in [5.74, 6) is 0. The highest BCUT2D eigenvalue weighted by Crippen LogP contribution is 1.99. The van der Waals surface area contributed by atoms with E-state index in [2.05, 4.69) is 0 Å². The maximum Gasteiger partial charge on any atom is 0.181 e. The first-order valence-corrected chi connectivity index (χ1v) is 3.34. The molecule has 0 aliphatic carbocycles. The van der Waals surface area contributed by atoms with Gasteiger partial charge in [-0.2, -0.15) is 15.8 Å². The van der Waals surface area contributed by atoms with Gasteiger partial charge < -0.3 is 5.11 Å². The lowest BCUT2D eigenvalue weighted by atomic mass is 10.3. The number of hydrogen-bond acceptors (Lipinski definition) is 5. The monoisotopic (exact) mass is 164 g/mol. The summed E-state index contributed by atoms with van der Waals surface area (Å²) in [7, 11) is 0. The highest BCUT2D eigenvalue weighted by molar-refractivity contribution is 4.85. The highest BCUT2D eigenvalue weighted by atomic mass is 16.3. The molecule has 0 aliphatic heterocycles. The van der Waals surface area contributed by atoms with E-state index in [1.165, 1.54) is 0 Å². The van der Waals surface area contributed by atoms with Gasteiger partial charge in [0.1, 0.15) is 6.23 Å². The molecular formula is C7H8N4O. The maximum absolute atomic E-state index is 9.11. The van der Waals surface area contributed by atoms with Crippen LogP contribution in [0.15, 0.2) is 0 Å². The van der Waals surface area contributed by atoms with Gasteiger partial charge in [0, 0.05) is 6.54 Å². The molecule has 0 aliphatic rings. The fraction of sp³-hybridized carbons (Fsp3) is 0.571. The van der Waals surface area contributed by atoms with Gasteiger partial charge in [-0.15, -0.1) is 0 Å². The second-order valence-corrected chi connectivity index (χ2v) is 2.04. The minimum absolute atomic E-state index is 0.126. The molecule has 0 radical (unpaired) electrons. The van der Waals surface area contributed by atoms with Crippen molar-refractivity contribution in [2.75, 3.05) is 6.54 Å². The predicted octanol–water partition coefficient (Wildman–Crippen LogP) is -0.0848. The van der Waals surface area contributed by atoms with Crippen molar-refractivity contribution >= 4 is 0 Å². The summed E-state index contributed by atoms with van der Waals surface area (Å²) in [5.41, 5.74) is 0. The van der Waals surface area contributed by atoms with E-state index in [0.717, 1.165) is 4.90 Å². The van der Waals surface area contributed by atoms with Gasteiger partial charge in [0.25, 0.3) is 0 Å². The van der Waals surface area contributed by atoms with E-state index in [4.69, 9.17) is 20.9 Å². The van der Waals surface area contributed by atoms with Gasteiger partial charge >= 0.3 is 0 Å². The van der Waals surface area contributed by atoms with Gasteiger partial charge in [0.15, 0.2) is 6.19 Å². The van der Waals surface area contributed by atoms with Crippen LogP contribution >= 0.6 is 0 Å². The summed E-state index contributed by atoms with van der Waals surface area (Å²) < 4.78 is 0. The first kappa shape index (κ1) is 10.2. The first-order chi connectivity index (χ1) is 5.76. The lowest BCUT2D eigenvalue weighted by Gasteiger charge is -2.17. The molecule has 1 N–H and O–H groups in total. The Kier molecular flexibility index (Phi) is 5.09. The third-order valence-corrected chi connectivity index (χ3v) is 1.23. The molecule has 0 spiro atoms. The lowest BCUT2D eigenvalue weighted by molar-refractivity contribution is 0.0495. The zero-order chi connectivity index (χ0) is 9.40. The van der Waals surface area contributed by atoms with Crippen molar-refractivity contribution in [1.29, 1.82) is 15.8 Å². The highest BCUT2D eigenvalue weighted by Gasteiger charge is 2.11. The molecule has 5 nitrogen and oxygen atoms in total. The molecule has 0 aromatic carbocycles. The average Bonchev–Trinajstić information content (AvgIpc) is 2.06. The van der Waals surface area contributed by atoms with Crippen LogP contribution in [-0.2, 0) is 0 Å². The van der Waals surface area contributed by atoms with Gasteiger partial charge in [-0.3, -0.25) is 4.90 Å². The van der Waals surface area contributed by atoms with E-state index in [-0.39, 0.29) is 19.4 Å². The van der Waals surface area contributed by atoms with Gasteiger partial charge in [0.05, 0.1) is 25.0 Å². The third kappa shape index (κ3) is 3.41. The molecule has 0 saturated carbocycles. The Balaban J connectivity index is 3.93. The van der Waals surface area contributed by atoms with Crippen LogP contribution in [0.25, 0.3) is 0 Å². The van der Waals surface area contributed by atoms with E-state index in [0.29, 0.717) is 0 Å². The van der Waals surface area contributed by atoms with Gasteiger partial charge in [-0.25, -0.2) is 0 Å². The van der Waals surface area contributed by atoms with E-state index < -0.39 is 6.23 Å². The van der Waals surface area contributed by atoms with E-state index in [9.17, 15) is 0 Å². The Morgan fingerprint density at radius 3 is 2.33 bits per heavy atom. The molecule has 0 rings (SSSR count). The predicted molar refractivity (Wildman–Crippen MR) is 38.8 cm³/mol. The SMILES string of the molecule is N#CCCN(C#N)C(O)CC#N. The number of aliphatic hydroxyl groups excluding tert-OH is 1. The topological polar surface area (TPSA) is 94.8 Å². The molecule has 12 heavy (non-hydrogen) atoms. The maximum atomic E-state index is 9.11. The molecule has 0 heterocycles. The Bertz CT molecular complexity index is 244. The van der Waals surface area contributed by atoms with Crippen molar-refractivity contribution in [2.45, 2.75) is 19.1 Å². The number of rotatable bonds is 4. The molecule has 0 fully saturated rings. The fourth-order valence-corrected chi connectivity index (χ4v) is 0.628. The van der Waals surface area contributed by atoms with Crippen molar-refractivity contribution in [1.82, 2.24) is 4.90 Å². The summed E-state index contributed by atoms with van der Waals surface area (Å²) in [6, 6.07) is 3.58. The Morgan fingerprint density at radius 1 is 1.25 bits per heavy atom. The second-order valence-electron chi connectivity index (χ2n) is 2.04. The molecule has 0 aromatic heterocycles. The van der Waals surface area contributed by atoms with Crippen molar-refractivity contribution in [3.05, 3.63) is 0 Å². The average molecular weight is 164 g/mol. The zero-order valence-corrected chi connectivity index (χ0v) is 6.43. The number of hydrogen-bond donors (Lipinski definition) is 1. The second kappa shape index (κ2) is 5.97. The molecule has 5 heteroatoms. The molecule has 0 saturated heterocycles. The Labute approximate surface area is 70.7 Å². The van der Waals surface area contributed by atoms with E-state index >= 15 is 0 Å². The quantitative estimate of drug-likeness (QED) is 0.356. The normalized spacial score (nSPS) is 10.5. The number of nitrogens with zero attached hydrogens (tertiary/aromatic N) is 4. The van der Waals surface area contributed by atoms with Crippen LogP contribution < -0.4 is 0 Å². The smallest absolute Gasteiger partial charge is 0.181 e. The van der Waals surface area contributed by atoms with Gasteiger partial charge in [-0.1, -0.05) is 0 Å². The summed E-state index contributed by atoms with van der Waals surface area (Å²) in [6.07, 6.45) is 0.650. The number of nitriles is 3. The Hall–Kier alpha value is -1.77. The van der Waals surface area contributed by atoms with Crippen LogP contribution in [0.3, 0.4) is 0 Å². The largest absolute Gasteiger partial charge is 0.372 e. The standard InChI is InChI=1S/C7H8N4O/c8-3-1-5-11(6-10)7(12)2-4-9/h7,12H,1-2,5H2. The fourth-order valence-electron chi connectivity index (χ4n) is 0.628. The van der Waals surface area contributed by atoms with Crippen molar-refractivity contribution in [3.63, 3.8) is 0 Å². The minimum Gasteiger partial charge on any atom is -0.372 e. The first-order valence-electron chi connectivity index (χ1n) is 3.34. The number of aliphatic hydroxyl groups is 1. The summed E-state index contributed by atoms with van der Waals surface area (Å²) in [6.45, 7) is 0.163.